The van der Waals surface area contributed by atoms with Crippen LogP contribution in [0.2, 0.25) is 0 Å². The van der Waals surface area contributed by atoms with Gasteiger partial charge >= 0.3 is 0 Å². The first kappa shape index (κ1) is 18.9. The predicted octanol–water partition coefficient (Wildman–Crippen LogP) is 3.69. The van der Waals surface area contributed by atoms with E-state index in [-0.39, 0.29) is 17.5 Å². The van der Waals surface area contributed by atoms with E-state index in [4.69, 9.17) is 0 Å². The first-order valence-corrected chi connectivity index (χ1v) is 10.3. The van der Waals surface area contributed by atoms with Crippen LogP contribution in [0.5, 0.6) is 0 Å². The van der Waals surface area contributed by atoms with Crippen LogP contribution >= 0.6 is 15.9 Å². The summed E-state index contributed by atoms with van der Waals surface area (Å²) in [5.74, 6) is -2.07. The molecule has 5 rings (SSSR count). The topological polar surface area (TPSA) is 83.5 Å². The summed E-state index contributed by atoms with van der Waals surface area (Å²) < 4.78 is 0.675. The molecule has 30 heavy (non-hydrogen) atoms. The van der Waals surface area contributed by atoms with E-state index in [1.54, 1.807) is 30.3 Å². The first-order valence-electron chi connectivity index (χ1n) is 9.46. The summed E-state index contributed by atoms with van der Waals surface area (Å²) in [7, 11) is 0. The molecule has 0 saturated heterocycles. The normalized spacial score (nSPS) is 21.3. The number of amides is 1. The molecule has 1 aliphatic carbocycles. The molecule has 0 fully saturated rings. The number of Topliss-reactive ketones (excluding diaryl/α,β-unsaturated/α-hetero) is 2. The third-order valence-corrected chi connectivity index (χ3v) is 6.57. The minimum atomic E-state index is -2.55. The third kappa shape index (κ3) is 2.29. The van der Waals surface area contributed by atoms with E-state index < -0.39 is 28.5 Å². The number of aliphatic hydroxyl groups is 1. The molecule has 0 spiro atoms. The molecule has 5 nitrogen and oxygen atoms in total. The highest BCUT2D eigenvalue weighted by Crippen LogP contribution is 2.52. The quantitative estimate of drug-likeness (QED) is 0.582. The average Bonchev–Trinajstić information content (AvgIpc) is 3.14. The molecule has 2 aliphatic rings. The first-order chi connectivity index (χ1) is 14.4. The van der Waals surface area contributed by atoms with Gasteiger partial charge in [0.2, 0.25) is 23.1 Å². The van der Waals surface area contributed by atoms with Gasteiger partial charge in [0.05, 0.1) is 0 Å². The molecular formula is C24H16BrNO4. The molecule has 1 heterocycles. The van der Waals surface area contributed by atoms with Gasteiger partial charge < -0.3 is 10.4 Å². The van der Waals surface area contributed by atoms with E-state index in [1.807, 2.05) is 30.3 Å². The van der Waals surface area contributed by atoms with E-state index in [1.165, 1.54) is 12.1 Å². The Morgan fingerprint density at radius 3 is 2.07 bits per heavy atom. The Labute approximate surface area is 180 Å². The van der Waals surface area contributed by atoms with Crippen LogP contribution in [0.25, 0.3) is 0 Å². The van der Waals surface area contributed by atoms with Crippen LogP contribution in [-0.2, 0) is 16.6 Å². The van der Waals surface area contributed by atoms with Crippen molar-refractivity contribution in [3.8, 4) is 0 Å². The molecule has 0 radical (unpaired) electrons. The molecule has 0 aromatic heterocycles. The number of carbonyl (C=O) groups is 3. The monoisotopic (exact) mass is 461 g/mol. The van der Waals surface area contributed by atoms with Gasteiger partial charge in [-0.25, -0.2) is 0 Å². The average molecular weight is 462 g/mol. The summed E-state index contributed by atoms with van der Waals surface area (Å²) in [6.07, 6.45) is -0.00883. The maximum atomic E-state index is 13.5. The lowest BCUT2D eigenvalue weighted by Gasteiger charge is -2.38. The van der Waals surface area contributed by atoms with Crippen molar-refractivity contribution in [2.45, 2.75) is 17.4 Å². The van der Waals surface area contributed by atoms with Gasteiger partial charge in [-0.1, -0.05) is 70.5 Å². The number of ketones is 2. The molecule has 1 amide bonds. The number of benzene rings is 3. The van der Waals surface area contributed by atoms with Crippen LogP contribution in [0.1, 0.15) is 31.8 Å². The van der Waals surface area contributed by atoms with Crippen molar-refractivity contribution < 1.29 is 19.5 Å². The van der Waals surface area contributed by atoms with Crippen LogP contribution in [0, 0.1) is 0 Å². The highest BCUT2D eigenvalue weighted by molar-refractivity contribution is 9.10. The van der Waals surface area contributed by atoms with Crippen LogP contribution in [0.15, 0.2) is 77.3 Å². The molecule has 148 valence electrons. The SMILES string of the molecule is O=C1c2ccccc2C(=O)C1(O)C1(Cc2ccccc2)C(=O)Nc2ccc(Br)cc21. The summed E-state index contributed by atoms with van der Waals surface area (Å²) >= 11 is 3.42. The van der Waals surface area contributed by atoms with Gasteiger partial charge in [-0.05, 0) is 35.7 Å². The number of halogens is 1. The number of hydrogen-bond acceptors (Lipinski definition) is 4. The summed E-state index contributed by atoms with van der Waals surface area (Å²) in [5.41, 5.74) is -2.47. The lowest BCUT2D eigenvalue weighted by Crippen LogP contribution is -2.63. The van der Waals surface area contributed by atoms with Crippen molar-refractivity contribution in [1.29, 1.82) is 0 Å². The fraction of sp³-hybridized carbons (Fsp3) is 0.125. The molecule has 6 heteroatoms. The summed E-state index contributed by atoms with van der Waals surface area (Å²) in [5, 5.41) is 14.7. The Morgan fingerprint density at radius 1 is 0.833 bits per heavy atom. The number of carbonyl (C=O) groups excluding carboxylic acids is 3. The lowest BCUT2D eigenvalue weighted by atomic mass is 9.62. The number of anilines is 1. The fourth-order valence-corrected chi connectivity index (χ4v) is 5.02. The smallest absolute Gasteiger partial charge is 0.239 e. The maximum absolute atomic E-state index is 13.5. The standard InChI is InChI=1S/C24H16BrNO4/c25-15-10-11-19-18(12-15)23(22(29)26-19,13-14-6-2-1-3-7-14)24(30)20(27)16-8-4-5-9-17(16)21(24)28/h1-12,30H,13H2,(H,26,29). The van der Waals surface area contributed by atoms with Crippen LogP contribution in [-0.4, -0.2) is 28.2 Å². The van der Waals surface area contributed by atoms with Gasteiger partial charge in [0.25, 0.3) is 0 Å². The Balaban J connectivity index is 1.82. The molecule has 3 aromatic rings. The third-order valence-electron chi connectivity index (χ3n) is 6.08. The molecule has 2 N–H and O–H groups in total. The molecule has 3 aromatic carbocycles. The summed E-state index contributed by atoms with van der Waals surface area (Å²) in [4.78, 5) is 40.5. The van der Waals surface area contributed by atoms with E-state index in [9.17, 15) is 19.5 Å². The Hall–Kier alpha value is -3.09. The summed E-state index contributed by atoms with van der Waals surface area (Å²) in [6, 6.07) is 20.5. The molecule has 0 saturated carbocycles. The molecule has 0 bridgehead atoms. The molecular weight excluding hydrogens is 446 g/mol. The lowest BCUT2D eigenvalue weighted by molar-refractivity contribution is -0.126. The zero-order chi connectivity index (χ0) is 21.1. The number of hydrogen-bond donors (Lipinski definition) is 2. The Morgan fingerprint density at radius 2 is 1.43 bits per heavy atom. The van der Waals surface area contributed by atoms with Crippen molar-refractivity contribution in [2.24, 2.45) is 0 Å². The highest BCUT2D eigenvalue weighted by atomic mass is 79.9. The van der Waals surface area contributed by atoms with Crippen LogP contribution in [0.4, 0.5) is 5.69 Å². The van der Waals surface area contributed by atoms with Crippen LogP contribution < -0.4 is 5.32 Å². The minimum Gasteiger partial charge on any atom is -0.373 e. The van der Waals surface area contributed by atoms with Crippen molar-refractivity contribution in [3.05, 3.63) is 99.5 Å². The van der Waals surface area contributed by atoms with E-state index in [2.05, 4.69) is 21.2 Å². The summed E-state index contributed by atoms with van der Waals surface area (Å²) in [6.45, 7) is 0. The maximum Gasteiger partial charge on any atom is 0.239 e. The Bertz CT molecular complexity index is 1200. The van der Waals surface area contributed by atoms with Gasteiger partial charge in [-0.3, -0.25) is 14.4 Å². The Kier molecular flexibility index (Phi) is 4.07. The number of nitrogens with one attached hydrogen (secondary N) is 1. The largest absolute Gasteiger partial charge is 0.373 e. The predicted molar refractivity (Wildman–Crippen MR) is 115 cm³/mol. The van der Waals surface area contributed by atoms with Crippen molar-refractivity contribution in [3.63, 3.8) is 0 Å². The number of fused-ring (bicyclic) bond motifs is 2. The van der Waals surface area contributed by atoms with Crippen molar-refractivity contribution >= 4 is 39.1 Å². The second kappa shape index (κ2) is 6.45. The second-order valence-electron chi connectivity index (χ2n) is 7.63. The van der Waals surface area contributed by atoms with Gasteiger partial charge in [-0.15, -0.1) is 0 Å². The van der Waals surface area contributed by atoms with Crippen molar-refractivity contribution in [2.75, 3.05) is 5.32 Å². The van der Waals surface area contributed by atoms with Gasteiger partial charge in [-0.2, -0.15) is 0 Å². The zero-order valence-electron chi connectivity index (χ0n) is 15.7. The van der Waals surface area contributed by atoms with Crippen LogP contribution in [0.3, 0.4) is 0 Å². The molecule has 1 aliphatic heterocycles. The van der Waals surface area contributed by atoms with Gasteiger partial charge in [0.15, 0.2) is 0 Å². The van der Waals surface area contributed by atoms with E-state index in [0.29, 0.717) is 15.7 Å². The van der Waals surface area contributed by atoms with Gasteiger partial charge in [0.1, 0.15) is 5.41 Å². The van der Waals surface area contributed by atoms with E-state index >= 15 is 0 Å². The second-order valence-corrected chi connectivity index (χ2v) is 8.54. The molecule has 1 atom stereocenters. The molecule has 1 unspecified atom stereocenters. The highest BCUT2D eigenvalue weighted by Gasteiger charge is 2.70. The minimum absolute atomic E-state index is 0.00883. The zero-order valence-corrected chi connectivity index (χ0v) is 17.3. The van der Waals surface area contributed by atoms with Crippen molar-refractivity contribution in [1.82, 2.24) is 0 Å². The fourth-order valence-electron chi connectivity index (χ4n) is 4.65. The number of rotatable bonds is 3. The van der Waals surface area contributed by atoms with E-state index in [0.717, 1.165) is 5.56 Å². The van der Waals surface area contributed by atoms with Gasteiger partial charge in [0, 0.05) is 21.3 Å².